The van der Waals surface area contributed by atoms with Crippen molar-refractivity contribution in [1.29, 1.82) is 0 Å². The van der Waals surface area contributed by atoms with Crippen LogP contribution in [0.3, 0.4) is 0 Å². The van der Waals surface area contributed by atoms with Gasteiger partial charge in [0.2, 0.25) is 21.8 Å². The molecular weight excluding hydrogens is 498 g/mol. The second kappa shape index (κ2) is 13.1. The minimum absolute atomic E-state index is 0.0556. The highest BCUT2D eigenvalue weighted by Gasteiger charge is 2.29. The van der Waals surface area contributed by atoms with Crippen molar-refractivity contribution in [2.45, 2.75) is 72.5 Å². The lowest BCUT2D eigenvalue weighted by Gasteiger charge is -2.31. The van der Waals surface area contributed by atoms with Crippen molar-refractivity contribution < 1.29 is 18.0 Å². The third-order valence-corrected chi connectivity index (χ3v) is 7.30. The summed E-state index contributed by atoms with van der Waals surface area (Å²) < 4.78 is 26.5. The molecule has 1 atom stereocenters. The number of amides is 2. The number of carbonyl (C=O) groups excluding carboxylic acids is 2. The molecule has 0 aromatic heterocycles. The van der Waals surface area contributed by atoms with Crippen LogP contribution in [-0.2, 0) is 26.2 Å². The van der Waals surface area contributed by atoms with E-state index in [9.17, 15) is 18.0 Å². The Bertz CT molecular complexity index is 1150. The Morgan fingerprint density at radius 1 is 1.06 bits per heavy atom. The molecule has 1 N–H and O–H groups in total. The lowest BCUT2D eigenvalue weighted by atomic mass is 10.1. The number of nitrogens with zero attached hydrogens (tertiary/aromatic N) is 2. The zero-order valence-electron chi connectivity index (χ0n) is 22.0. The molecule has 0 spiro atoms. The molecule has 7 nitrogen and oxygen atoms in total. The van der Waals surface area contributed by atoms with Crippen molar-refractivity contribution >= 4 is 39.1 Å². The Hall–Kier alpha value is -2.58. The monoisotopic (exact) mass is 535 g/mol. The second-order valence-electron chi connectivity index (χ2n) is 9.46. The first-order valence-corrected chi connectivity index (χ1v) is 14.4. The smallest absolute Gasteiger partial charge is 0.243 e. The number of halogens is 1. The summed E-state index contributed by atoms with van der Waals surface area (Å²) in [6, 6.07) is 12.1. The van der Waals surface area contributed by atoms with Crippen LogP contribution in [0.15, 0.2) is 42.5 Å². The Morgan fingerprint density at radius 2 is 1.69 bits per heavy atom. The van der Waals surface area contributed by atoms with Crippen LogP contribution in [0, 0.1) is 13.8 Å². The van der Waals surface area contributed by atoms with Crippen LogP contribution in [0.25, 0.3) is 0 Å². The normalized spacial score (nSPS) is 12.3. The van der Waals surface area contributed by atoms with E-state index in [-0.39, 0.29) is 37.4 Å². The zero-order chi connectivity index (χ0) is 27.0. The van der Waals surface area contributed by atoms with Crippen molar-refractivity contribution in [1.82, 2.24) is 10.2 Å². The van der Waals surface area contributed by atoms with Crippen molar-refractivity contribution in [3.8, 4) is 0 Å². The van der Waals surface area contributed by atoms with Gasteiger partial charge in [0.05, 0.1) is 11.9 Å². The fourth-order valence-corrected chi connectivity index (χ4v) is 5.20. The molecule has 0 saturated carbocycles. The average molecular weight is 536 g/mol. The fourth-order valence-electron chi connectivity index (χ4n) is 4.06. The number of nitrogens with one attached hydrogen (secondary N) is 1. The molecule has 0 fully saturated rings. The van der Waals surface area contributed by atoms with Crippen LogP contribution < -0.4 is 9.62 Å². The minimum atomic E-state index is -3.54. The van der Waals surface area contributed by atoms with Crippen LogP contribution in [0.4, 0.5) is 5.69 Å². The highest BCUT2D eigenvalue weighted by Crippen LogP contribution is 2.25. The maximum Gasteiger partial charge on any atom is 0.243 e. The second-order valence-corrected chi connectivity index (χ2v) is 11.8. The van der Waals surface area contributed by atoms with Gasteiger partial charge < -0.3 is 10.2 Å². The molecule has 2 aromatic rings. The van der Waals surface area contributed by atoms with Crippen LogP contribution in [0.5, 0.6) is 0 Å². The number of benzene rings is 2. The van der Waals surface area contributed by atoms with Crippen molar-refractivity contribution in [2.24, 2.45) is 0 Å². The number of hydrogen-bond donors (Lipinski definition) is 1. The molecule has 0 saturated heterocycles. The summed E-state index contributed by atoms with van der Waals surface area (Å²) in [4.78, 5) is 28.0. The number of anilines is 1. The van der Waals surface area contributed by atoms with Gasteiger partial charge in [-0.1, -0.05) is 42.8 Å². The van der Waals surface area contributed by atoms with E-state index in [2.05, 4.69) is 5.32 Å². The molecular formula is C27H38ClN3O4S. The molecule has 0 aliphatic carbocycles. The molecule has 198 valence electrons. The van der Waals surface area contributed by atoms with Crippen molar-refractivity contribution in [3.05, 3.63) is 64.2 Å². The Labute approximate surface area is 220 Å². The van der Waals surface area contributed by atoms with Gasteiger partial charge in [-0.05, 0) is 75.4 Å². The minimum Gasteiger partial charge on any atom is -0.352 e. The summed E-state index contributed by atoms with van der Waals surface area (Å²) in [5.74, 6) is -0.409. The highest BCUT2D eigenvalue weighted by molar-refractivity contribution is 7.92. The lowest BCUT2D eigenvalue weighted by molar-refractivity contribution is -0.141. The van der Waals surface area contributed by atoms with Crippen molar-refractivity contribution in [3.63, 3.8) is 0 Å². The first-order chi connectivity index (χ1) is 16.8. The highest BCUT2D eigenvalue weighted by atomic mass is 35.5. The Morgan fingerprint density at radius 3 is 2.25 bits per heavy atom. The number of rotatable bonds is 12. The van der Waals surface area contributed by atoms with Gasteiger partial charge in [-0.2, -0.15) is 0 Å². The summed E-state index contributed by atoms with van der Waals surface area (Å²) in [6.45, 7) is 9.83. The molecule has 0 unspecified atom stereocenters. The van der Waals surface area contributed by atoms with E-state index in [0.29, 0.717) is 23.6 Å². The maximum atomic E-state index is 13.4. The summed E-state index contributed by atoms with van der Waals surface area (Å²) in [7, 11) is -3.54. The third kappa shape index (κ3) is 8.52. The van der Waals surface area contributed by atoms with Crippen LogP contribution in [0.1, 0.15) is 56.7 Å². The van der Waals surface area contributed by atoms with Crippen molar-refractivity contribution in [2.75, 3.05) is 17.1 Å². The predicted octanol–water partition coefficient (Wildman–Crippen LogP) is 4.84. The van der Waals surface area contributed by atoms with Gasteiger partial charge in [-0.15, -0.1) is 0 Å². The predicted molar refractivity (Wildman–Crippen MR) is 147 cm³/mol. The van der Waals surface area contributed by atoms with E-state index < -0.39 is 16.1 Å². The van der Waals surface area contributed by atoms with E-state index in [1.165, 1.54) is 10.6 Å². The quantitative estimate of drug-likeness (QED) is 0.421. The summed E-state index contributed by atoms with van der Waals surface area (Å²) >= 11 is 6.02. The van der Waals surface area contributed by atoms with Gasteiger partial charge in [0.1, 0.15) is 6.04 Å². The summed E-state index contributed by atoms with van der Waals surface area (Å²) in [5, 5.41) is 3.50. The maximum absolute atomic E-state index is 13.4. The molecule has 36 heavy (non-hydrogen) atoms. The van der Waals surface area contributed by atoms with Gasteiger partial charge in [0.15, 0.2) is 0 Å². The molecule has 0 radical (unpaired) electrons. The third-order valence-electron chi connectivity index (χ3n) is 5.87. The largest absolute Gasteiger partial charge is 0.352 e. The SMILES string of the molecule is CC[C@H](C(=O)NC(C)C)N(Cc1ccc(Cl)cc1)C(=O)CCCN(c1cc(C)ccc1C)S(C)(=O)=O. The molecule has 2 amide bonds. The van der Waals surface area contributed by atoms with Gasteiger partial charge in [-0.25, -0.2) is 8.42 Å². The summed E-state index contributed by atoms with van der Waals surface area (Å²) in [6.07, 6.45) is 2.05. The molecule has 0 heterocycles. The van der Waals surface area contributed by atoms with E-state index >= 15 is 0 Å². The Kier molecular flexibility index (Phi) is 10.8. The first-order valence-electron chi connectivity index (χ1n) is 12.2. The molecule has 2 rings (SSSR count). The summed E-state index contributed by atoms with van der Waals surface area (Å²) in [5.41, 5.74) is 3.27. The molecule has 0 bridgehead atoms. The molecule has 9 heteroatoms. The lowest BCUT2D eigenvalue weighted by Crippen LogP contribution is -2.50. The van der Waals surface area contributed by atoms with Gasteiger partial charge in [0.25, 0.3) is 0 Å². The van der Waals surface area contributed by atoms with Gasteiger partial charge >= 0.3 is 0 Å². The number of carbonyl (C=O) groups is 2. The number of hydrogen-bond acceptors (Lipinski definition) is 4. The number of aryl methyl sites for hydroxylation is 2. The molecule has 2 aromatic carbocycles. The molecule has 0 aliphatic rings. The van der Waals surface area contributed by atoms with Crippen LogP contribution in [-0.4, -0.2) is 50.0 Å². The van der Waals surface area contributed by atoms with E-state index in [1.54, 1.807) is 17.0 Å². The molecule has 0 aliphatic heterocycles. The van der Waals surface area contributed by atoms with Gasteiger partial charge in [0, 0.05) is 30.6 Å². The van der Waals surface area contributed by atoms with E-state index in [0.717, 1.165) is 16.7 Å². The van der Waals surface area contributed by atoms with E-state index in [1.807, 2.05) is 65.0 Å². The van der Waals surface area contributed by atoms with E-state index in [4.69, 9.17) is 11.6 Å². The zero-order valence-corrected chi connectivity index (χ0v) is 23.6. The Balaban J connectivity index is 2.24. The number of sulfonamides is 1. The first kappa shape index (κ1) is 29.6. The standard InChI is InChI=1S/C27H38ClN3O4S/c1-7-24(27(33)29-19(2)3)30(18-22-12-14-23(28)15-13-22)26(32)9-8-16-31(36(6,34)35)25-17-20(4)10-11-21(25)5/h10-15,17,19,24H,7-9,16,18H2,1-6H3,(H,29,33)/t24-/m1/s1. The van der Waals surface area contributed by atoms with Crippen LogP contribution in [0.2, 0.25) is 5.02 Å². The average Bonchev–Trinajstić information content (AvgIpc) is 2.78. The van der Waals surface area contributed by atoms with Gasteiger partial charge in [-0.3, -0.25) is 13.9 Å². The van der Waals surface area contributed by atoms with Crippen LogP contribution >= 0.6 is 11.6 Å². The topological polar surface area (TPSA) is 86.8 Å². The fraction of sp³-hybridized carbons (Fsp3) is 0.481.